The van der Waals surface area contributed by atoms with E-state index in [2.05, 4.69) is 5.32 Å². The summed E-state index contributed by atoms with van der Waals surface area (Å²) in [6.07, 6.45) is 0.657. The lowest BCUT2D eigenvalue weighted by atomic mass is 10.1. The quantitative estimate of drug-likeness (QED) is 0.459. The van der Waals surface area contributed by atoms with E-state index in [1.165, 1.54) is 13.0 Å². The first-order valence-electron chi connectivity index (χ1n) is 5.38. The molecule has 1 aromatic carbocycles. The first-order valence-corrected chi connectivity index (χ1v) is 5.38. The number of primary amides is 1. The molecular weight excluding hydrogens is 241 g/mol. The molecule has 0 saturated heterocycles. The van der Waals surface area contributed by atoms with Crippen LogP contribution in [0.2, 0.25) is 0 Å². The first-order chi connectivity index (χ1) is 8.41. The standard InChI is InChI=1S/C11H14FN3O3/c1-7-5-9(14-4-2-3-11(13)16)10(15(17)18)6-8(7)12/h5-6,14H,2-4H2,1H3,(H2,13,16). The number of nitrogens with two attached hydrogens (primary N) is 1. The molecule has 18 heavy (non-hydrogen) atoms. The van der Waals surface area contributed by atoms with E-state index in [0.717, 1.165) is 6.07 Å². The van der Waals surface area contributed by atoms with Crippen LogP contribution in [0, 0.1) is 22.9 Å². The van der Waals surface area contributed by atoms with Crippen LogP contribution in [0.5, 0.6) is 0 Å². The van der Waals surface area contributed by atoms with Crippen LogP contribution in [0.25, 0.3) is 0 Å². The number of nitrogens with one attached hydrogen (secondary N) is 1. The number of anilines is 1. The third-order valence-electron chi connectivity index (χ3n) is 2.39. The van der Waals surface area contributed by atoms with Crippen LogP contribution in [0.3, 0.4) is 0 Å². The van der Waals surface area contributed by atoms with E-state index in [0.29, 0.717) is 18.5 Å². The van der Waals surface area contributed by atoms with Gasteiger partial charge in [0.2, 0.25) is 5.91 Å². The fourth-order valence-corrected chi connectivity index (χ4v) is 1.45. The van der Waals surface area contributed by atoms with E-state index in [1.54, 1.807) is 0 Å². The smallest absolute Gasteiger partial charge is 0.295 e. The molecule has 3 N–H and O–H groups in total. The van der Waals surface area contributed by atoms with Crippen molar-refractivity contribution < 1.29 is 14.1 Å². The fourth-order valence-electron chi connectivity index (χ4n) is 1.45. The number of benzene rings is 1. The molecule has 0 spiro atoms. The zero-order valence-electron chi connectivity index (χ0n) is 9.90. The normalized spacial score (nSPS) is 10.1. The van der Waals surface area contributed by atoms with E-state index in [-0.39, 0.29) is 17.8 Å². The molecule has 0 aromatic heterocycles. The molecule has 0 aliphatic rings. The molecule has 0 saturated carbocycles. The van der Waals surface area contributed by atoms with Gasteiger partial charge in [-0.15, -0.1) is 0 Å². The van der Waals surface area contributed by atoms with Crippen LogP contribution >= 0.6 is 0 Å². The molecule has 7 heteroatoms. The second-order valence-corrected chi connectivity index (χ2v) is 3.87. The van der Waals surface area contributed by atoms with E-state index in [9.17, 15) is 19.3 Å². The minimum Gasteiger partial charge on any atom is -0.379 e. The lowest BCUT2D eigenvalue weighted by Gasteiger charge is -2.08. The van der Waals surface area contributed by atoms with E-state index >= 15 is 0 Å². The van der Waals surface area contributed by atoms with Crippen molar-refractivity contribution in [1.29, 1.82) is 0 Å². The third-order valence-corrected chi connectivity index (χ3v) is 2.39. The van der Waals surface area contributed by atoms with Crippen molar-refractivity contribution in [3.8, 4) is 0 Å². The molecule has 6 nitrogen and oxygen atoms in total. The average molecular weight is 255 g/mol. The van der Waals surface area contributed by atoms with Crippen molar-refractivity contribution >= 4 is 17.3 Å². The number of nitrogens with zero attached hydrogens (tertiary/aromatic N) is 1. The van der Waals surface area contributed by atoms with Crippen LogP contribution in [-0.4, -0.2) is 17.4 Å². The molecule has 0 aliphatic heterocycles. The number of aryl methyl sites for hydroxylation is 1. The number of carbonyl (C=O) groups is 1. The number of hydrogen-bond acceptors (Lipinski definition) is 4. The Bertz CT molecular complexity index is 477. The highest BCUT2D eigenvalue weighted by atomic mass is 19.1. The summed E-state index contributed by atoms with van der Waals surface area (Å²) in [5.41, 5.74) is 5.20. The van der Waals surface area contributed by atoms with Crippen LogP contribution < -0.4 is 11.1 Å². The van der Waals surface area contributed by atoms with Gasteiger partial charge in [0.1, 0.15) is 11.5 Å². The van der Waals surface area contributed by atoms with Gasteiger partial charge in [-0.3, -0.25) is 14.9 Å². The molecule has 1 aromatic rings. The van der Waals surface area contributed by atoms with Gasteiger partial charge in [0.05, 0.1) is 11.0 Å². The predicted octanol–water partition coefficient (Wildman–Crippen LogP) is 1.72. The summed E-state index contributed by atoms with van der Waals surface area (Å²) < 4.78 is 13.2. The van der Waals surface area contributed by atoms with Crippen molar-refractivity contribution in [1.82, 2.24) is 0 Å². The Morgan fingerprint density at radius 2 is 2.22 bits per heavy atom. The zero-order chi connectivity index (χ0) is 13.7. The highest BCUT2D eigenvalue weighted by molar-refractivity contribution is 5.73. The van der Waals surface area contributed by atoms with Gasteiger partial charge in [-0.25, -0.2) is 4.39 Å². The number of hydrogen-bond donors (Lipinski definition) is 2. The summed E-state index contributed by atoms with van der Waals surface area (Å²) in [7, 11) is 0. The largest absolute Gasteiger partial charge is 0.379 e. The summed E-state index contributed by atoms with van der Waals surface area (Å²) >= 11 is 0. The second kappa shape index (κ2) is 5.95. The summed E-state index contributed by atoms with van der Waals surface area (Å²) in [6, 6.07) is 2.25. The number of carbonyl (C=O) groups excluding carboxylic acids is 1. The van der Waals surface area contributed by atoms with Crippen molar-refractivity contribution in [3.05, 3.63) is 33.6 Å². The molecule has 98 valence electrons. The number of amides is 1. The number of nitro benzene ring substituents is 1. The van der Waals surface area contributed by atoms with Gasteiger partial charge in [-0.2, -0.15) is 0 Å². The van der Waals surface area contributed by atoms with Gasteiger partial charge in [0, 0.05) is 13.0 Å². The second-order valence-electron chi connectivity index (χ2n) is 3.87. The zero-order valence-corrected chi connectivity index (χ0v) is 9.90. The van der Waals surface area contributed by atoms with Crippen molar-refractivity contribution in [2.24, 2.45) is 5.73 Å². The molecule has 1 amide bonds. The highest BCUT2D eigenvalue weighted by Crippen LogP contribution is 2.27. The van der Waals surface area contributed by atoms with E-state index in [1.807, 2.05) is 0 Å². The monoisotopic (exact) mass is 255 g/mol. The topological polar surface area (TPSA) is 98.3 Å². The number of nitro groups is 1. The Labute approximate surface area is 103 Å². The highest BCUT2D eigenvalue weighted by Gasteiger charge is 2.16. The third kappa shape index (κ3) is 3.69. The number of halogens is 1. The molecule has 0 atom stereocenters. The van der Waals surface area contributed by atoms with Gasteiger partial charge in [-0.05, 0) is 25.0 Å². The molecule has 0 heterocycles. The van der Waals surface area contributed by atoms with Gasteiger partial charge in [-0.1, -0.05) is 0 Å². The number of rotatable bonds is 6. The molecule has 0 fully saturated rings. The molecule has 0 bridgehead atoms. The Hall–Kier alpha value is -2.18. The van der Waals surface area contributed by atoms with Gasteiger partial charge in [0.25, 0.3) is 5.69 Å². The average Bonchev–Trinajstić information content (AvgIpc) is 2.28. The lowest BCUT2D eigenvalue weighted by molar-refractivity contribution is -0.384. The Kier molecular flexibility index (Phi) is 4.59. The summed E-state index contributed by atoms with van der Waals surface area (Å²) in [4.78, 5) is 20.6. The van der Waals surface area contributed by atoms with Crippen LogP contribution in [0.4, 0.5) is 15.8 Å². The maximum absolute atomic E-state index is 13.2. The summed E-state index contributed by atoms with van der Waals surface area (Å²) in [5, 5.41) is 13.6. The Morgan fingerprint density at radius 3 is 2.78 bits per heavy atom. The molecule has 1 rings (SSSR count). The summed E-state index contributed by atoms with van der Waals surface area (Å²) in [5.74, 6) is -1.05. The minimum atomic E-state index is -0.654. The van der Waals surface area contributed by atoms with E-state index in [4.69, 9.17) is 5.73 Å². The van der Waals surface area contributed by atoms with Gasteiger partial charge in [0.15, 0.2) is 0 Å². The maximum atomic E-state index is 13.2. The SMILES string of the molecule is Cc1cc(NCCCC(N)=O)c([N+](=O)[O-])cc1F. The Balaban J connectivity index is 2.77. The predicted molar refractivity (Wildman–Crippen MR) is 64.7 cm³/mol. The van der Waals surface area contributed by atoms with Crippen LogP contribution in [-0.2, 0) is 4.79 Å². The van der Waals surface area contributed by atoms with E-state index < -0.39 is 16.6 Å². The van der Waals surface area contributed by atoms with Crippen molar-refractivity contribution in [2.45, 2.75) is 19.8 Å². The first kappa shape index (κ1) is 13.9. The summed E-state index contributed by atoms with van der Waals surface area (Å²) in [6.45, 7) is 1.88. The maximum Gasteiger partial charge on any atom is 0.295 e. The van der Waals surface area contributed by atoms with Crippen LogP contribution in [0.15, 0.2) is 12.1 Å². The molecular formula is C11H14FN3O3. The van der Waals surface area contributed by atoms with Crippen molar-refractivity contribution in [3.63, 3.8) is 0 Å². The minimum absolute atomic E-state index is 0.195. The Morgan fingerprint density at radius 1 is 1.56 bits per heavy atom. The fraction of sp³-hybridized carbons (Fsp3) is 0.364. The van der Waals surface area contributed by atoms with Gasteiger partial charge >= 0.3 is 0 Å². The van der Waals surface area contributed by atoms with Crippen molar-refractivity contribution in [2.75, 3.05) is 11.9 Å². The van der Waals surface area contributed by atoms with Crippen LogP contribution in [0.1, 0.15) is 18.4 Å². The molecule has 0 radical (unpaired) electrons. The molecule has 0 unspecified atom stereocenters. The molecule has 0 aliphatic carbocycles. The van der Waals surface area contributed by atoms with Gasteiger partial charge < -0.3 is 11.1 Å². The lowest BCUT2D eigenvalue weighted by Crippen LogP contribution is -2.13.